The van der Waals surface area contributed by atoms with Crippen molar-refractivity contribution in [3.63, 3.8) is 0 Å². The van der Waals surface area contributed by atoms with Gasteiger partial charge < -0.3 is 15.0 Å². The standard InChI is InChI=1S/C14H24N4O/c1-4-15-13-11(2)14(17-10-16-13)18-7-5-12(6-8-18)9-19-3/h10,12H,4-9H2,1-3H3,(H,15,16,17). The molecule has 1 aliphatic rings. The fraction of sp³-hybridized carbons (Fsp3) is 0.714. The van der Waals surface area contributed by atoms with Crippen molar-refractivity contribution in [3.8, 4) is 0 Å². The number of nitrogens with one attached hydrogen (secondary N) is 1. The highest BCUT2D eigenvalue weighted by Crippen LogP contribution is 2.26. The van der Waals surface area contributed by atoms with Crippen LogP contribution in [0.5, 0.6) is 0 Å². The van der Waals surface area contributed by atoms with Crippen LogP contribution in [0.25, 0.3) is 0 Å². The summed E-state index contributed by atoms with van der Waals surface area (Å²) < 4.78 is 5.24. The van der Waals surface area contributed by atoms with Crippen LogP contribution >= 0.6 is 0 Å². The van der Waals surface area contributed by atoms with E-state index in [2.05, 4.69) is 34.0 Å². The SMILES string of the molecule is CCNc1ncnc(N2CCC(COC)CC2)c1C. The lowest BCUT2D eigenvalue weighted by molar-refractivity contribution is 0.139. The van der Waals surface area contributed by atoms with Crippen LogP contribution in [0.2, 0.25) is 0 Å². The zero-order valence-electron chi connectivity index (χ0n) is 12.1. The molecule has 0 aromatic carbocycles. The lowest BCUT2D eigenvalue weighted by Gasteiger charge is -2.33. The van der Waals surface area contributed by atoms with E-state index in [1.807, 2.05) is 0 Å². The van der Waals surface area contributed by atoms with Crippen LogP contribution in [-0.4, -0.2) is 43.3 Å². The maximum Gasteiger partial charge on any atom is 0.137 e. The minimum absolute atomic E-state index is 0.691. The van der Waals surface area contributed by atoms with Crippen LogP contribution in [0.3, 0.4) is 0 Å². The molecule has 2 rings (SSSR count). The van der Waals surface area contributed by atoms with Gasteiger partial charge in [-0.1, -0.05) is 0 Å². The first-order valence-corrected chi connectivity index (χ1v) is 7.05. The highest BCUT2D eigenvalue weighted by atomic mass is 16.5. The monoisotopic (exact) mass is 264 g/mol. The van der Waals surface area contributed by atoms with Crippen LogP contribution < -0.4 is 10.2 Å². The molecular formula is C14H24N4O. The Bertz CT molecular complexity index is 402. The topological polar surface area (TPSA) is 50.3 Å². The van der Waals surface area contributed by atoms with Crippen molar-refractivity contribution in [1.29, 1.82) is 0 Å². The second-order valence-corrected chi connectivity index (χ2v) is 5.09. The van der Waals surface area contributed by atoms with Crippen LogP contribution in [0.1, 0.15) is 25.3 Å². The first kappa shape index (κ1) is 14.1. The van der Waals surface area contributed by atoms with Crippen molar-refractivity contribution in [2.45, 2.75) is 26.7 Å². The van der Waals surface area contributed by atoms with E-state index in [-0.39, 0.29) is 0 Å². The normalized spacial score (nSPS) is 16.7. The number of hydrogen-bond acceptors (Lipinski definition) is 5. The van der Waals surface area contributed by atoms with E-state index in [1.54, 1.807) is 13.4 Å². The van der Waals surface area contributed by atoms with E-state index in [1.165, 1.54) is 12.8 Å². The minimum atomic E-state index is 0.691. The Labute approximate surface area is 115 Å². The van der Waals surface area contributed by atoms with Gasteiger partial charge in [-0.25, -0.2) is 9.97 Å². The number of aromatic nitrogens is 2. The molecule has 19 heavy (non-hydrogen) atoms. The molecule has 1 saturated heterocycles. The van der Waals surface area contributed by atoms with Crippen molar-refractivity contribution in [1.82, 2.24) is 9.97 Å². The Morgan fingerprint density at radius 1 is 1.37 bits per heavy atom. The number of anilines is 2. The molecule has 0 atom stereocenters. The third-order valence-corrected chi connectivity index (χ3v) is 3.72. The van der Waals surface area contributed by atoms with Crippen LogP contribution in [-0.2, 0) is 4.74 Å². The van der Waals surface area contributed by atoms with Crippen molar-refractivity contribution >= 4 is 11.6 Å². The van der Waals surface area contributed by atoms with Crippen LogP contribution in [0, 0.1) is 12.8 Å². The zero-order valence-corrected chi connectivity index (χ0v) is 12.1. The number of ether oxygens (including phenoxy) is 1. The molecule has 0 spiro atoms. The highest BCUT2D eigenvalue weighted by molar-refractivity contribution is 5.58. The summed E-state index contributed by atoms with van der Waals surface area (Å²) in [5.41, 5.74) is 1.15. The lowest BCUT2D eigenvalue weighted by Crippen LogP contribution is -2.36. The molecule has 5 nitrogen and oxygen atoms in total. The Kier molecular flexibility index (Phi) is 4.96. The lowest BCUT2D eigenvalue weighted by atomic mass is 9.97. The zero-order chi connectivity index (χ0) is 13.7. The third-order valence-electron chi connectivity index (χ3n) is 3.72. The van der Waals surface area contributed by atoms with Crippen molar-refractivity contribution in [2.75, 3.05) is 43.6 Å². The van der Waals surface area contributed by atoms with E-state index >= 15 is 0 Å². The summed E-state index contributed by atoms with van der Waals surface area (Å²) in [5.74, 6) is 2.71. The summed E-state index contributed by atoms with van der Waals surface area (Å²) in [4.78, 5) is 11.1. The maximum absolute atomic E-state index is 5.24. The number of hydrogen-bond donors (Lipinski definition) is 1. The van der Waals surface area contributed by atoms with Gasteiger partial charge >= 0.3 is 0 Å². The molecule has 0 aliphatic carbocycles. The first-order chi connectivity index (χ1) is 9.26. The number of rotatable bonds is 5. The molecule has 1 aliphatic heterocycles. The predicted octanol–water partition coefficient (Wildman–Crippen LogP) is 2.08. The van der Waals surface area contributed by atoms with Crippen molar-refractivity contribution in [3.05, 3.63) is 11.9 Å². The van der Waals surface area contributed by atoms with E-state index < -0.39 is 0 Å². The summed E-state index contributed by atoms with van der Waals surface area (Å²) >= 11 is 0. The molecule has 1 fully saturated rings. The number of nitrogens with zero attached hydrogens (tertiary/aromatic N) is 3. The minimum Gasteiger partial charge on any atom is -0.384 e. The molecule has 0 bridgehead atoms. The molecular weight excluding hydrogens is 240 g/mol. The summed E-state index contributed by atoms with van der Waals surface area (Å²) in [6.07, 6.45) is 4.00. The quantitative estimate of drug-likeness (QED) is 0.882. The van der Waals surface area contributed by atoms with Crippen molar-refractivity contribution < 1.29 is 4.74 Å². The molecule has 2 heterocycles. The second kappa shape index (κ2) is 6.70. The maximum atomic E-state index is 5.24. The van der Waals surface area contributed by atoms with Gasteiger partial charge in [-0.15, -0.1) is 0 Å². The molecule has 0 saturated carbocycles. The fourth-order valence-electron chi connectivity index (χ4n) is 2.65. The van der Waals surface area contributed by atoms with Gasteiger partial charge in [0, 0.05) is 38.9 Å². The summed E-state index contributed by atoms with van der Waals surface area (Å²) in [6, 6.07) is 0. The smallest absolute Gasteiger partial charge is 0.137 e. The molecule has 1 N–H and O–H groups in total. The highest BCUT2D eigenvalue weighted by Gasteiger charge is 2.22. The number of piperidine rings is 1. The van der Waals surface area contributed by atoms with Crippen molar-refractivity contribution in [2.24, 2.45) is 5.92 Å². The van der Waals surface area contributed by atoms with Gasteiger partial charge in [0.05, 0.1) is 0 Å². The van der Waals surface area contributed by atoms with Gasteiger partial charge in [-0.05, 0) is 32.6 Å². The van der Waals surface area contributed by atoms with Gasteiger partial charge in [-0.2, -0.15) is 0 Å². The van der Waals surface area contributed by atoms with E-state index in [0.717, 1.165) is 43.4 Å². The Balaban J connectivity index is 2.05. The van der Waals surface area contributed by atoms with E-state index in [9.17, 15) is 0 Å². The van der Waals surface area contributed by atoms with E-state index in [4.69, 9.17) is 4.74 Å². The average Bonchev–Trinajstić information content (AvgIpc) is 2.43. The largest absolute Gasteiger partial charge is 0.384 e. The van der Waals surface area contributed by atoms with Gasteiger partial charge in [0.2, 0.25) is 0 Å². The van der Waals surface area contributed by atoms with Crippen LogP contribution in [0.4, 0.5) is 11.6 Å². The number of methoxy groups -OCH3 is 1. The van der Waals surface area contributed by atoms with Gasteiger partial charge in [0.15, 0.2) is 0 Å². The molecule has 1 aromatic heterocycles. The molecule has 106 valence electrons. The van der Waals surface area contributed by atoms with Gasteiger partial charge in [0.25, 0.3) is 0 Å². The summed E-state index contributed by atoms with van der Waals surface area (Å²) in [7, 11) is 1.78. The molecule has 5 heteroatoms. The Morgan fingerprint density at radius 3 is 2.74 bits per heavy atom. The molecule has 1 aromatic rings. The predicted molar refractivity (Wildman–Crippen MR) is 77.7 cm³/mol. The average molecular weight is 264 g/mol. The summed E-state index contributed by atoms with van der Waals surface area (Å²) in [6.45, 7) is 8.04. The first-order valence-electron chi connectivity index (χ1n) is 7.05. The molecule has 0 unspecified atom stereocenters. The second-order valence-electron chi connectivity index (χ2n) is 5.09. The third kappa shape index (κ3) is 3.35. The molecule has 0 amide bonds. The molecule has 0 radical (unpaired) electrons. The Morgan fingerprint density at radius 2 is 2.11 bits per heavy atom. The van der Waals surface area contributed by atoms with Gasteiger partial charge in [-0.3, -0.25) is 0 Å². The Hall–Kier alpha value is -1.36. The van der Waals surface area contributed by atoms with Gasteiger partial charge in [0.1, 0.15) is 18.0 Å². The van der Waals surface area contributed by atoms with Crippen LogP contribution in [0.15, 0.2) is 6.33 Å². The summed E-state index contributed by atoms with van der Waals surface area (Å²) in [5, 5.41) is 3.29. The van der Waals surface area contributed by atoms with E-state index in [0.29, 0.717) is 5.92 Å². The fourth-order valence-corrected chi connectivity index (χ4v) is 2.65.